The van der Waals surface area contributed by atoms with Crippen molar-refractivity contribution in [2.24, 2.45) is 5.14 Å². The highest BCUT2D eigenvalue weighted by Gasteiger charge is 2.21. The van der Waals surface area contributed by atoms with Gasteiger partial charge in [0.05, 0.1) is 0 Å². The summed E-state index contributed by atoms with van der Waals surface area (Å²) in [7, 11) is -4.03. The zero-order valence-corrected chi connectivity index (χ0v) is 14.8. The number of rotatable bonds is 5. The Balaban J connectivity index is 1.87. The summed E-state index contributed by atoms with van der Waals surface area (Å²) in [5.41, 5.74) is 1.30. The van der Waals surface area contributed by atoms with Crippen LogP contribution in [0.2, 0.25) is 0 Å². The molecule has 0 radical (unpaired) electrons. The molecule has 25 heavy (non-hydrogen) atoms. The molecule has 134 valence electrons. The molecule has 0 amide bonds. The largest absolute Gasteiger partial charge is 0.490 e. The van der Waals surface area contributed by atoms with Crippen LogP contribution in [-0.2, 0) is 10.2 Å². The number of aromatic nitrogens is 1. The van der Waals surface area contributed by atoms with Crippen LogP contribution in [0.15, 0.2) is 36.5 Å². The van der Waals surface area contributed by atoms with Crippen LogP contribution in [0.1, 0.15) is 30.3 Å². The number of ether oxygens (including phenoxy) is 1. The average molecular weight is 363 g/mol. The van der Waals surface area contributed by atoms with E-state index in [0.717, 1.165) is 41.2 Å². The summed E-state index contributed by atoms with van der Waals surface area (Å²) < 4.78 is 30.0. The number of benzene rings is 1. The van der Waals surface area contributed by atoms with Crippen LogP contribution in [0, 0.1) is 0 Å². The van der Waals surface area contributed by atoms with Gasteiger partial charge in [-0.2, -0.15) is 8.42 Å². The lowest BCUT2D eigenvalue weighted by Gasteiger charge is -2.23. The molecule has 1 aromatic carbocycles. The third-order valence-corrected chi connectivity index (χ3v) is 5.07. The summed E-state index contributed by atoms with van der Waals surface area (Å²) in [5.74, 6) is 0.384. The average Bonchev–Trinajstić information content (AvgIpc) is 3.02. The van der Waals surface area contributed by atoms with Crippen molar-refractivity contribution in [2.45, 2.75) is 25.9 Å². The van der Waals surface area contributed by atoms with Crippen molar-refractivity contribution in [1.82, 2.24) is 9.29 Å². The third-order valence-electron chi connectivity index (χ3n) is 4.21. The lowest BCUT2D eigenvalue weighted by Crippen LogP contribution is -2.34. The van der Waals surface area contributed by atoms with E-state index in [2.05, 4.69) is 5.32 Å². The quantitative estimate of drug-likeness (QED) is 0.784. The molecular weight excluding hydrogens is 342 g/mol. The second-order valence-electron chi connectivity index (χ2n) is 6.07. The molecule has 3 N–H and O–H groups in total. The number of carbonyl (C=O) groups is 1. The summed E-state index contributed by atoms with van der Waals surface area (Å²) >= 11 is 0. The van der Waals surface area contributed by atoms with E-state index in [0.29, 0.717) is 5.56 Å². The Morgan fingerprint density at radius 1 is 1.20 bits per heavy atom. The minimum Gasteiger partial charge on any atom is -0.490 e. The number of nitrogens with zero attached hydrogens (tertiary/aromatic N) is 1. The minimum atomic E-state index is -4.03. The van der Waals surface area contributed by atoms with Crippen LogP contribution < -0.4 is 15.2 Å². The smallest absolute Gasteiger partial charge is 0.302 e. The Morgan fingerprint density at radius 2 is 1.84 bits per heavy atom. The standard InChI is InChI=1S/C17H21N3O4S/c1-12(21)17-16(8-11-20(17)25(18,22)23)13-2-4-14(5-3-13)24-15-6-9-19-10-7-15/h2-5,8,11,15,19H,6-7,9-10H2,1H3,(H2,18,22,23). The van der Waals surface area contributed by atoms with Crippen LogP contribution in [0.5, 0.6) is 5.75 Å². The van der Waals surface area contributed by atoms with Gasteiger partial charge < -0.3 is 10.1 Å². The van der Waals surface area contributed by atoms with Gasteiger partial charge in [-0.1, -0.05) is 12.1 Å². The van der Waals surface area contributed by atoms with Gasteiger partial charge in [-0.05, 0) is 49.7 Å². The fourth-order valence-electron chi connectivity index (χ4n) is 3.02. The molecule has 0 bridgehead atoms. The van der Waals surface area contributed by atoms with Crippen LogP contribution in [0.4, 0.5) is 0 Å². The molecular formula is C17H21N3O4S. The van der Waals surface area contributed by atoms with Crippen LogP contribution in [0.3, 0.4) is 0 Å². The van der Waals surface area contributed by atoms with Gasteiger partial charge in [-0.15, -0.1) is 0 Å². The van der Waals surface area contributed by atoms with Crippen molar-refractivity contribution in [3.8, 4) is 16.9 Å². The van der Waals surface area contributed by atoms with Crippen molar-refractivity contribution in [1.29, 1.82) is 0 Å². The molecule has 1 saturated heterocycles. The molecule has 1 aliphatic rings. The highest BCUT2D eigenvalue weighted by Crippen LogP contribution is 2.28. The first kappa shape index (κ1) is 17.7. The van der Waals surface area contributed by atoms with Gasteiger partial charge in [0.1, 0.15) is 17.5 Å². The maximum Gasteiger partial charge on any atom is 0.302 e. The lowest BCUT2D eigenvalue weighted by molar-refractivity contribution is 0.101. The van der Waals surface area contributed by atoms with E-state index in [1.165, 1.54) is 13.1 Å². The van der Waals surface area contributed by atoms with Crippen molar-refractivity contribution in [3.05, 3.63) is 42.2 Å². The van der Waals surface area contributed by atoms with E-state index < -0.39 is 10.2 Å². The van der Waals surface area contributed by atoms with Crippen molar-refractivity contribution < 1.29 is 17.9 Å². The van der Waals surface area contributed by atoms with E-state index in [4.69, 9.17) is 9.88 Å². The maximum atomic E-state index is 11.9. The highest BCUT2D eigenvalue weighted by atomic mass is 32.2. The Hall–Kier alpha value is -2.16. The van der Waals surface area contributed by atoms with E-state index in [9.17, 15) is 13.2 Å². The van der Waals surface area contributed by atoms with E-state index in [1.807, 2.05) is 24.3 Å². The number of piperidine rings is 1. The molecule has 1 fully saturated rings. The van der Waals surface area contributed by atoms with Crippen molar-refractivity contribution in [3.63, 3.8) is 0 Å². The van der Waals surface area contributed by atoms with Crippen LogP contribution >= 0.6 is 0 Å². The van der Waals surface area contributed by atoms with Crippen molar-refractivity contribution >= 4 is 16.0 Å². The van der Waals surface area contributed by atoms with Gasteiger partial charge in [-0.3, -0.25) is 4.79 Å². The zero-order valence-electron chi connectivity index (χ0n) is 13.9. The normalized spacial score (nSPS) is 15.9. The molecule has 8 heteroatoms. The molecule has 7 nitrogen and oxygen atoms in total. The Kier molecular flexibility index (Phi) is 4.94. The van der Waals surface area contributed by atoms with Gasteiger partial charge in [0, 0.05) is 18.7 Å². The highest BCUT2D eigenvalue weighted by molar-refractivity contribution is 7.87. The minimum absolute atomic E-state index is 0.0505. The number of ketones is 1. The molecule has 2 heterocycles. The number of hydrogen-bond donors (Lipinski definition) is 2. The van der Waals surface area contributed by atoms with Gasteiger partial charge in [0.15, 0.2) is 5.78 Å². The molecule has 0 spiro atoms. The maximum absolute atomic E-state index is 11.9. The first-order chi connectivity index (χ1) is 11.9. The molecule has 2 aromatic rings. The predicted octanol–water partition coefficient (Wildman–Crippen LogP) is 1.54. The lowest BCUT2D eigenvalue weighted by atomic mass is 10.0. The van der Waals surface area contributed by atoms with Gasteiger partial charge in [0.25, 0.3) is 0 Å². The first-order valence-corrected chi connectivity index (χ1v) is 9.60. The van der Waals surface area contributed by atoms with Crippen LogP contribution in [-0.4, -0.2) is 37.4 Å². The first-order valence-electron chi connectivity index (χ1n) is 8.09. The Labute approximate surface area is 147 Å². The zero-order chi connectivity index (χ0) is 18.0. The summed E-state index contributed by atoms with van der Waals surface area (Å²) in [6.45, 7) is 3.21. The van der Waals surface area contributed by atoms with E-state index in [-0.39, 0.29) is 17.6 Å². The molecule has 0 saturated carbocycles. The summed E-state index contributed by atoms with van der Waals surface area (Å²) in [6, 6.07) is 8.85. The fraction of sp³-hybridized carbons (Fsp3) is 0.353. The number of carbonyl (C=O) groups excluding carboxylic acids is 1. The number of Topliss-reactive ketones (excluding diaryl/α,β-unsaturated/α-hetero) is 1. The topological polar surface area (TPSA) is 103 Å². The van der Waals surface area contributed by atoms with Gasteiger partial charge >= 0.3 is 10.2 Å². The number of nitrogens with one attached hydrogen (secondary N) is 1. The SMILES string of the molecule is CC(=O)c1c(-c2ccc(OC3CCNCC3)cc2)ccn1S(N)(=O)=O. The Bertz CT molecular complexity index is 866. The fourth-order valence-corrected chi connectivity index (χ4v) is 3.73. The summed E-state index contributed by atoms with van der Waals surface area (Å²) in [5, 5.41) is 8.46. The molecule has 1 aromatic heterocycles. The van der Waals surface area contributed by atoms with E-state index >= 15 is 0 Å². The van der Waals surface area contributed by atoms with Gasteiger partial charge in [0.2, 0.25) is 0 Å². The third kappa shape index (κ3) is 3.92. The van der Waals surface area contributed by atoms with Crippen molar-refractivity contribution in [2.75, 3.05) is 13.1 Å². The molecule has 1 aliphatic heterocycles. The molecule has 0 unspecified atom stereocenters. The van der Waals surface area contributed by atoms with E-state index in [1.54, 1.807) is 6.07 Å². The predicted molar refractivity (Wildman–Crippen MR) is 94.9 cm³/mol. The second-order valence-corrected chi connectivity index (χ2v) is 7.49. The number of nitrogens with two attached hydrogens (primary N) is 1. The monoisotopic (exact) mass is 363 g/mol. The molecule has 0 atom stereocenters. The molecule has 0 aliphatic carbocycles. The van der Waals surface area contributed by atoms with Gasteiger partial charge in [-0.25, -0.2) is 9.11 Å². The van der Waals surface area contributed by atoms with Crippen LogP contribution in [0.25, 0.3) is 11.1 Å². The molecule has 3 rings (SSSR count). The second kappa shape index (κ2) is 6.99. The summed E-state index contributed by atoms with van der Waals surface area (Å²) in [6.07, 6.45) is 3.42. The number of hydrogen-bond acceptors (Lipinski definition) is 5. The summed E-state index contributed by atoms with van der Waals surface area (Å²) in [4.78, 5) is 11.9. The Morgan fingerprint density at radius 3 is 2.40 bits per heavy atom.